The van der Waals surface area contributed by atoms with Crippen LogP contribution >= 0.6 is 0 Å². The summed E-state index contributed by atoms with van der Waals surface area (Å²) in [6.07, 6.45) is 9.97. The van der Waals surface area contributed by atoms with E-state index in [9.17, 15) is 67.7 Å². The van der Waals surface area contributed by atoms with Crippen molar-refractivity contribution in [3.05, 3.63) is 196 Å². The van der Waals surface area contributed by atoms with Gasteiger partial charge in [0.05, 0.1) is 48.8 Å². The number of aromatic nitrogens is 12. The van der Waals surface area contributed by atoms with Crippen LogP contribution < -0.4 is 176 Å². The van der Waals surface area contributed by atoms with E-state index in [0.29, 0.717) is 93.6 Å². The SMILES string of the molecule is CO.Cc1cn([C@@H]2O[C@H](C(C)C)[C@@H](C)[C@H]2C)c(=O)[nH]c1=O.Cc1cn([C@H]2C[C@H](C)[C@@H](C(C)C)O2)c(=O)[nH]c1=O.Cc1cn([C@H]2C[C@H](C)[C@@H](C(C)C)O2)c(=O)[nH]c1=O.Cc1cn([C@H]2C[C@H](C)[C@@H](C(C)C)O2)c(=O)[nH]c1=O.Cc1cn([C@H]2C[C@H](C)[C@@H]([C@@H](C)O)O2)c(=O)[nH]c1=O.Cc1cn([C@H]2C[C@H](C)[C@@H]([C@H](C)O)O2)c(=O)[nH]c1=O.O=CO[O-].[H-].[K+].[K+]. The van der Waals surface area contributed by atoms with E-state index in [0.717, 1.165) is 26.4 Å². The molecule has 6 aliphatic heterocycles. The van der Waals surface area contributed by atoms with Crippen LogP contribution in [0.5, 0.6) is 0 Å². The zero-order valence-corrected chi connectivity index (χ0v) is 78.9. The van der Waals surface area contributed by atoms with E-state index in [4.69, 9.17) is 43.6 Å². The van der Waals surface area contributed by atoms with Gasteiger partial charge >= 0.3 is 137 Å². The first-order valence-electron chi connectivity index (χ1n) is 39.1. The summed E-state index contributed by atoms with van der Waals surface area (Å²) in [7, 11) is 1.00. The fourth-order valence-electron chi connectivity index (χ4n) is 15.5. The zero-order chi connectivity index (χ0) is 87.0. The van der Waals surface area contributed by atoms with Crippen LogP contribution in [0.3, 0.4) is 0 Å². The van der Waals surface area contributed by atoms with Gasteiger partial charge in [0, 0.05) is 83.6 Å². The smallest absolute Gasteiger partial charge is 1.00 e. The number of aliphatic hydroxyl groups is 3. The summed E-state index contributed by atoms with van der Waals surface area (Å²) < 4.78 is 44.0. The zero-order valence-electron chi connectivity index (χ0n) is 73.6. The minimum absolute atomic E-state index is 0. The van der Waals surface area contributed by atoms with E-state index < -0.39 is 58.8 Å². The van der Waals surface area contributed by atoms with Crippen molar-refractivity contribution in [2.24, 2.45) is 65.1 Å². The molecule has 117 heavy (non-hydrogen) atoms. The van der Waals surface area contributed by atoms with Gasteiger partial charge in [-0.2, -0.15) is 0 Å². The molecule has 0 bridgehead atoms. The molecule has 6 aliphatic rings. The molecule has 0 unspecified atom stereocenters. The summed E-state index contributed by atoms with van der Waals surface area (Å²) in [5, 5.41) is 34.6. The topological polar surface area (TPSA) is 495 Å². The van der Waals surface area contributed by atoms with Crippen LogP contribution in [0.15, 0.2) is 94.7 Å². The molecule has 6 fully saturated rings. The van der Waals surface area contributed by atoms with Crippen LogP contribution in [0, 0.1) is 107 Å². The number of hydrogen-bond acceptors (Lipinski definition) is 24. The molecule has 21 atom stereocenters. The van der Waals surface area contributed by atoms with Crippen LogP contribution in [0.4, 0.5) is 0 Å². The Morgan fingerprint density at radius 3 is 0.692 bits per heavy atom. The molecule has 0 aliphatic carbocycles. The fraction of sp³-hybridized carbons (Fsp3) is 0.684. The second-order valence-corrected chi connectivity index (χ2v) is 32.6. The average Bonchev–Trinajstić information content (AvgIpc) is 1.67. The second-order valence-electron chi connectivity index (χ2n) is 32.6. The molecule has 36 nitrogen and oxygen atoms in total. The van der Waals surface area contributed by atoms with Crippen molar-refractivity contribution in [1.29, 1.82) is 0 Å². The molecule has 0 spiro atoms. The van der Waals surface area contributed by atoms with Crippen LogP contribution in [0.25, 0.3) is 0 Å². The first-order valence-corrected chi connectivity index (χ1v) is 39.1. The van der Waals surface area contributed by atoms with Crippen molar-refractivity contribution in [3.63, 3.8) is 0 Å². The molecule has 0 saturated carbocycles. The summed E-state index contributed by atoms with van der Waals surface area (Å²) in [6.45, 7) is 44.7. The molecule has 6 saturated heterocycles. The molecule has 9 N–H and O–H groups in total. The minimum atomic E-state index is -0.579. The van der Waals surface area contributed by atoms with Crippen LogP contribution in [-0.2, 0) is 38.1 Å². The van der Waals surface area contributed by atoms with Crippen molar-refractivity contribution in [2.75, 3.05) is 7.11 Å². The molecule has 646 valence electrons. The van der Waals surface area contributed by atoms with Crippen LogP contribution in [-0.4, -0.2) is 135 Å². The maximum atomic E-state index is 11.9. The van der Waals surface area contributed by atoms with Crippen LogP contribution in [0.2, 0.25) is 0 Å². The van der Waals surface area contributed by atoms with Gasteiger partial charge in [-0.3, -0.25) is 90.9 Å². The van der Waals surface area contributed by atoms with E-state index in [-0.39, 0.29) is 223 Å². The molecular formula is C79H124K2N12O24. The first-order chi connectivity index (χ1) is 53.7. The third-order valence-electron chi connectivity index (χ3n) is 21.7. The maximum absolute atomic E-state index is 11.9. The molecule has 6 aromatic heterocycles. The van der Waals surface area contributed by atoms with E-state index in [1.807, 2.05) is 13.8 Å². The summed E-state index contributed by atoms with van der Waals surface area (Å²) >= 11 is 0. The Bertz CT molecular complexity index is 4380. The summed E-state index contributed by atoms with van der Waals surface area (Å²) in [6, 6.07) is 0. The van der Waals surface area contributed by atoms with E-state index in [2.05, 4.69) is 125 Å². The quantitative estimate of drug-likeness (QED) is 0.0272. The van der Waals surface area contributed by atoms with Crippen molar-refractivity contribution in [1.82, 2.24) is 57.3 Å². The van der Waals surface area contributed by atoms with E-state index >= 15 is 0 Å². The number of H-pyrrole nitrogens is 6. The number of hydrogen-bond donors (Lipinski definition) is 9. The molecule has 0 amide bonds. The van der Waals surface area contributed by atoms with E-state index in [1.54, 1.807) is 80.2 Å². The number of nitrogens with zero attached hydrogens (tertiary/aromatic N) is 6. The summed E-state index contributed by atoms with van der Waals surface area (Å²) in [4.78, 5) is 164. The standard InChI is InChI=1S/C14H22N2O3.3C13H20N2O3.2C12H18N2O4.CH2O3.CH4O.2K.H/c1-7(2)11-9(4)10(5)13(19-11)16-6-8(3)12(17)15-14(16)18;3*1-7(2)11-8(3)5-10(18-11)15-6-9(4)12(16)14-13(15)17;2*1-6-4-9(18-10(6)8(3)15)14-5-7(2)11(16)13-12(14)17;2-1-4-3;1-2;;;/h6-7,9-11,13H,1-5H3,(H,15,17,18);3*6-8,10-11H,5H2,1-4H3,(H,14,16,17);2*5-6,8-10,15H,4H2,1-3H3,(H,13,16,17);1,3H;2H,1H3;;;/q;;;;;;;;2*+1;-1/p-1/t9-,10+,11+,13+;3*8-,10+,11+;6-,8+,9+,10-;6-,8-,9+,10-;;;;;/m000000...../s1. The van der Waals surface area contributed by atoms with Crippen molar-refractivity contribution < 1.29 is 163 Å². The number of carbonyl (C=O) groups excluding carboxylic acids is 1. The average molecular weight is 1700 g/mol. The number of aromatic amines is 6. The van der Waals surface area contributed by atoms with Gasteiger partial charge < -0.3 is 55.3 Å². The van der Waals surface area contributed by atoms with Gasteiger partial charge in [0.15, 0.2) is 0 Å². The minimum Gasteiger partial charge on any atom is -1.00 e. The van der Waals surface area contributed by atoms with Crippen molar-refractivity contribution >= 4 is 6.47 Å². The number of carbonyl (C=O) groups is 1. The molecule has 38 heteroatoms. The Labute approximate surface area is 764 Å². The Morgan fingerprint density at radius 1 is 0.350 bits per heavy atom. The Morgan fingerprint density at radius 2 is 0.530 bits per heavy atom. The van der Waals surface area contributed by atoms with Gasteiger partial charge in [-0.15, -0.1) is 0 Å². The van der Waals surface area contributed by atoms with Gasteiger partial charge in [-0.05, 0) is 147 Å². The number of ether oxygens (including phenoxy) is 6. The predicted molar refractivity (Wildman–Crippen MR) is 426 cm³/mol. The van der Waals surface area contributed by atoms with Crippen molar-refractivity contribution in [2.45, 2.75) is 278 Å². The van der Waals surface area contributed by atoms with Gasteiger partial charge in [0.1, 0.15) is 37.4 Å². The maximum Gasteiger partial charge on any atom is 1.00 e. The Balaban J connectivity index is 0.000000471. The van der Waals surface area contributed by atoms with Crippen LogP contribution in [0.1, 0.15) is 222 Å². The van der Waals surface area contributed by atoms with Crippen molar-refractivity contribution in [3.8, 4) is 0 Å². The normalized spacial score (nSPS) is 27.2. The molecule has 12 rings (SSSR count). The van der Waals surface area contributed by atoms with Gasteiger partial charge in [0.25, 0.3) is 39.8 Å². The van der Waals surface area contributed by atoms with Gasteiger partial charge in [-0.1, -0.05) is 104 Å². The Kier molecular flexibility index (Phi) is 43.1. The summed E-state index contributed by atoms with van der Waals surface area (Å²) in [5.41, 5.74) is -1.60. The number of aryl methyl sites for hydroxylation is 6. The summed E-state index contributed by atoms with van der Waals surface area (Å²) in [5.74, 6) is 3.83. The fourth-order valence-corrected chi connectivity index (χ4v) is 15.5. The second kappa shape index (κ2) is 47.7. The predicted octanol–water partition coefficient (Wildman–Crippen LogP) is -1.59. The molecule has 6 aromatic rings. The largest absolute Gasteiger partial charge is 1.00 e. The van der Waals surface area contributed by atoms with Gasteiger partial charge in [0.2, 0.25) is 0 Å². The first kappa shape index (κ1) is 106. The van der Waals surface area contributed by atoms with Gasteiger partial charge in [-0.25, -0.2) is 28.8 Å². The monoisotopic (exact) mass is 1700 g/mol. The molecular weight excluding hydrogens is 1580 g/mol. The number of aliphatic hydroxyl groups excluding tert-OH is 3. The Hall–Kier alpha value is -5.58. The molecule has 12 heterocycles. The number of nitrogens with one attached hydrogen (secondary N) is 6. The van der Waals surface area contributed by atoms with E-state index in [1.165, 1.54) is 39.8 Å². The molecule has 0 radical (unpaired) electrons. The molecule has 0 aromatic carbocycles. The number of rotatable bonds is 13. The third-order valence-corrected chi connectivity index (χ3v) is 21.7. The third kappa shape index (κ3) is 28.0.